The summed E-state index contributed by atoms with van der Waals surface area (Å²) >= 11 is 0. The van der Waals surface area contributed by atoms with Gasteiger partial charge in [-0.2, -0.15) is 0 Å². The molecule has 3 nitrogen and oxygen atoms in total. The van der Waals surface area contributed by atoms with E-state index in [0.29, 0.717) is 11.3 Å². The molecule has 0 fully saturated rings. The molecule has 2 N–H and O–H groups in total. The number of nitrogens with one attached hydrogen (secondary N) is 1. The van der Waals surface area contributed by atoms with Gasteiger partial charge in [-0.1, -0.05) is 13.0 Å². The van der Waals surface area contributed by atoms with E-state index in [9.17, 15) is 4.79 Å². The number of carbonyl (C=O) groups is 1. The molecule has 0 atom stereocenters. The molecule has 3 heteroatoms. The van der Waals surface area contributed by atoms with Gasteiger partial charge in [0.1, 0.15) is 0 Å². The Bertz CT molecular complexity index is 321. The van der Waals surface area contributed by atoms with Crippen LogP contribution in [0, 0.1) is 0 Å². The SMILES string of the molecule is CCc1ccc(C(=O)O)c(NC)c1. The van der Waals surface area contributed by atoms with Crippen molar-refractivity contribution in [1.82, 2.24) is 0 Å². The van der Waals surface area contributed by atoms with Crippen LogP contribution in [0.4, 0.5) is 5.69 Å². The van der Waals surface area contributed by atoms with Crippen LogP contribution < -0.4 is 5.32 Å². The highest BCUT2D eigenvalue weighted by atomic mass is 16.4. The molecule has 0 aliphatic heterocycles. The predicted octanol–water partition coefficient (Wildman–Crippen LogP) is 1.99. The fourth-order valence-corrected chi connectivity index (χ4v) is 1.20. The van der Waals surface area contributed by atoms with Gasteiger partial charge in [0.25, 0.3) is 0 Å². The summed E-state index contributed by atoms with van der Waals surface area (Å²) in [7, 11) is 1.72. The minimum atomic E-state index is -0.896. The number of aromatic carboxylic acids is 1. The second-order valence-electron chi connectivity index (χ2n) is 2.79. The minimum Gasteiger partial charge on any atom is -0.478 e. The fourth-order valence-electron chi connectivity index (χ4n) is 1.20. The molecule has 1 rings (SSSR count). The first-order valence-electron chi connectivity index (χ1n) is 4.23. The van der Waals surface area contributed by atoms with Gasteiger partial charge < -0.3 is 10.4 Å². The van der Waals surface area contributed by atoms with E-state index in [1.165, 1.54) is 0 Å². The number of anilines is 1. The fraction of sp³-hybridized carbons (Fsp3) is 0.300. The zero-order chi connectivity index (χ0) is 9.84. The van der Waals surface area contributed by atoms with Gasteiger partial charge in [-0.15, -0.1) is 0 Å². The molecule has 0 unspecified atom stereocenters. The van der Waals surface area contributed by atoms with E-state index in [4.69, 9.17) is 5.11 Å². The Labute approximate surface area is 77.4 Å². The summed E-state index contributed by atoms with van der Waals surface area (Å²) in [5, 5.41) is 11.7. The zero-order valence-electron chi connectivity index (χ0n) is 7.79. The maximum absolute atomic E-state index is 10.7. The van der Waals surface area contributed by atoms with Crippen molar-refractivity contribution < 1.29 is 9.90 Å². The van der Waals surface area contributed by atoms with Crippen LogP contribution in [0.15, 0.2) is 18.2 Å². The minimum absolute atomic E-state index is 0.319. The van der Waals surface area contributed by atoms with Gasteiger partial charge in [-0.25, -0.2) is 4.79 Å². The van der Waals surface area contributed by atoms with E-state index in [2.05, 4.69) is 5.32 Å². The van der Waals surface area contributed by atoms with E-state index in [-0.39, 0.29) is 0 Å². The van der Waals surface area contributed by atoms with Crippen molar-refractivity contribution in [2.75, 3.05) is 12.4 Å². The molecule has 0 saturated heterocycles. The first-order chi connectivity index (χ1) is 6.19. The summed E-state index contributed by atoms with van der Waals surface area (Å²) in [5.41, 5.74) is 2.13. The van der Waals surface area contributed by atoms with Crippen LogP contribution in [0.5, 0.6) is 0 Å². The number of carboxylic acid groups (broad SMARTS) is 1. The van der Waals surface area contributed by atoms with Crippen molar-refractivity contribution >= 4 is 11.7 Å². The molecule has 1 aromatic rings. The predicted molar refractivity (Wildman–Crippen MR) is 52.3 cm³/mol. The molecule has 0 spiro atoms. The molecule has 0 heterocycles. The second kappa shape index (κ2) is 3.94. The molecule has 13 heavy (non-hydrogen) atoms. The van der Waals surface area contributed by atoms with Gasteiger partial charge in [-0.3, -0.25) is 0 Å². The number of hydrogen-bond donors (Lipinski definition) is 2. The molecule has 0 aromatic heterocycles. The third-order valence-electron chi connectivity index (χ3n) is 1.99. The summed E-state index contributed by atoms with van der Waals surface area (Å²) in [4.78, 5) is 10.7. The topological polar surface area (TPSA) is 49.3 Å². The number of benzene rings is 1. The Morgan fingerprint density at radius 1 is 1.54 bits per heavy atom. The lowest BCUT2D eigenvalue weighted by atomic mass is 10.1. The molecular weight excluding hydrogens is 166 g/mol. The third-order valence-corrected chi connectivity index (χ3v) is 1.99. The molecule has 0 saturated carbocycles. The van der Waals surface area contributed by atoms with Gasteiger partial charge in [0.2, 0.25) is 0 Å². The van der Waals surface area contributed by atoms with Crippen molar-refractivity contribution in [2.45, 2.75) is 13.3 Å². The van der Waals surface area contributed by atoms with Crippen molar-refractivity contribution in [1.29, 1.82) is 0 Å². The Morgan fingerprint density at radius 2 is 2.23 bits per heavy atom. The molecule has 0 aliphatic rings. The lowest BCUT2D eigenvalue weighted by Gasteiger charge is -2.06. The summed E-state index contributed by atoms with van der Waals surface area (Å²) < 4.78 is 0. The van der Waals surface area contributed by atoms with Crippen LogP contribution in [-0.4, -0.2) is 18.1 Å². The molecule has 1 aromatic carbocycles. The van der Waals surface area contributed by atoms with Crippen LogP contribution in [-0.2, 0) is 6.42 Å². The van der Waals surface area contributed by atoms with Crippen LogP contribution in [0.3, 0.4) is 0 Å². The summed E-state index contributed by atoms with van der Waals surface area (Å²) in [6, 6.07) is 5.33. The van der Waals surface area contributed by atoms with E-state index in [0.717, 1.165) is 12.0 Å². The second-order valence-corrected chi connectivity index (χ2v) is 2.79. The number of rotatable bonds is 3. The Morgan fingerprint density at radius 3 is 2.69 bits per heavy atom. The highest BCUT2D eigenvalue weighted by Crippen LogP contribution is 2.17. The van der Waals surface area contributed by atoms with Crippen molar-refractivity contribution in [3.8, 4) is 0 Å². The first kappa shape index (κ1) is 9.58. The van der Waals surface area contributed by atoms with Crippen molar-refractivity contribution in [3.63, 3.8) is 0 Å². The monoisotopic (exact) mass is 179 g/mol. The van der Waals surface area contributed by atoms with Crippen LogP contribution in [0.25, 0.3) is 0 Å². The smallest absolute Gasteiger partial charge is 0.337 e. The lowest BCUT2D eigenvalue weighted by molar-refractivity contribution is 0.0698. The molecule has 0 bridgehead atoms. The van der Waals surface area contributed by atoms with Gasteiger partial charge in [0, 0.05) is 12.7 Å². The molecule has 0 radical (unpaired) electrons. The largest absolute Gasteiger partial charge is 0.478 e. The van der Waals surface area contributed by atoms with E-state index in [1.54, 1.807) is 13.1 Å². The van der Waals surface area contributed by atoms with Gasteiger partial charge in [0.15, 0.2) is 0 Å². The standard InChI is InChI=1S/C10H13NO2/c1-3-7-4-5-8(10(12)13)9(6-7)11-2/h4-6,11H,3H2,1-2H3,(H,12,13). The maximum Gasteiger partial charge on any atom is 0.337 e. The number of aryl methyl sites for hydroxylation is 1. The Balaban J connectivity index is 3.15. The summed E-state index contributed by atoms with van der Waals surface area (Å²) in [6.45, 7) is 2.04. The van der Waals surface area contributed by atoms with Crippen molar-refractivity contribution in [2.24, 2.45) is 0 Å². The number of hydrogen-bond acceptors (Lipinski definition) is 2. The molecular formula is C10H13NO2. The Kier molecular flexibility index (Phi) is 2.90. The maximum atomic E-state index is 10.7. The van der Waals surface area contributed by atoms with Gasteiger partial charge >= 0.3 is 5.97 Å². The van der Waals surface area contributed by atoms with E-state index < -0.39 is 5.97 Å². The van der Waals surface area contributed by atoms with Gasteiger partial charge in [0.05, 0.1) is 5.56 Å². The van der Waals surface area contributed by atoms with E-state index in [1.807, 2.05) is 19.1 Å². The van der Waals surface area contributed by atoms with Crippen LogP contribution in [0.2, 0.25) is 0 Å². The number of carboxylic acids is 1. The molecule has 70 valence electrons. The third kappa shape index (κ3) is 1.99. The molecule has 0 amide bonds. The zero-order valence-corrected chi connectivity index (χ0v) is 7.79. The molecule has 0 aliphatic carbocycles. The first-order valence-corrected chi connectivity index (χ1v) is 4.23. The van der Waals surface area contributed by atoms with Gasteiger partial charge in [-0.05, 0) is 24.1 Å². The quantitative estimate of drug-likeness (QED) is 0.746. The summed E-state index contributed by atoms with van der Waals surface area (Å²) in [5.74, 6) is -0.896. The van der Waals surface area contributed by atoms with E-state index >= 15 is 0 Å². The van der Waals surface area contributed by atoms with Crippen molar-refractivity contribution in [3.05, 3.63) is 29.3 Å². The average molecular weight is 179 g/mol. The highest BCUT2D eigenvalue weighted by Gasteiger charge is 2.08. The highest BCUT2D eigenvalue weighted by molar-refractivity contribution is 5.94. The van der Waals surface area contributed by atoms with Crippen LogP contribution >= 0.6 is 0 Å². The Hall–Kier alpha value is -1.51. The normalized spacial score (nSPS) is 9.69. The summed E-state index contributed by atoms with van der Waals surface area (Å²) in [6.07, 6.45) is 0.911. The average Bonchev–Trinajstić information content (AvgIpc) is 2.16. The van der Waals surface area contributed by atoms with Crippen LogP contribution in [0.1, 0.15) is 22.8 Å². The lowest BCUT2D eigenvalue weighted by Crippen LogP contribution is -2.03.